The summed E-state index contributed by atoms with van der Waals surface area (Å²) in [6.45, 7) is 2.03. The van der Waals surface area contributed by atoms with E-state index in [-0.39, 0.29) is 17.3 Å². The van der Waals surface area contributed by atoms with E-state index in [1.807, 2.05) is 0 Å². The van der Waals surface area contributed by atoms with E-state index in [9.17, 15) is 13.2 Å². The standard InChI is InChI=1S/C9H15NO3S/c1-2-14(12,13)6-5-10-8-3-4-9(11)7-8/h7,10H,2-6H2,1H3. The zero-order valence-electron chi connectivity index (χ0n) is 8.25. The number of rotatable bonds is 5. The van der Waals surface area contributed by atoms with Crippen molar-refractivity contribution in [2.24, 2.45) is 0 Å². The molecule has 1 rings (SSSR count). The van der Waals surface area contributed by atoms with Gasteiger partial charge in [-0.2, -0.15) is 0 Å². The predicted octanol–water partition coefficient (Wildman–Crippen LogP) is 0.257. The van der Waals surface area contributed by atoms with Gasteiger partial charge >= 0.3 is 0 Å². The first-order valence-corrected chi connectivity index (χ1v) is 6.53. The second-order valence-corrected chi connectivity index (χ2v) is 5.77. The van der Waals surface area contributed by atoms with Crippen molar-refractivity contribution >= 4 is 15.6 Å². The van der Waals surface area contributed by atoms with Gasteiger partial charge in [-0.15, -0.1) is 0 Å². The lowest BCUT2D eigenvalue weighted by Gasteiger charge is -2.05. The molecule has 4 nitrogen and oxygen atoms in total. The molecule has 0 fully saturated rings. The van der Waals surface area contributed by atoms with E-state index in [0.717, 1.165) is 5.70 Å². The molecule has 1 aliphatic carbocycles. The largest absolute Gasteiger partial charge is 0.387 e. The topological polar surface area (TPSA) is 63.2 Å². The number of carbonyl (C=O) groups is 1. The van der Waals surface area contributed by atoms with Crippen LogP contribution in [0.1, 0.15) is 19.8 Å². The Bertz CT molecular complexity index is 343. The fraction of sp³-hybridized carbons (Fsp3) is 0.667. The molecule has 1 aliphatic rings. The molecule has 0 saturated heterocycles. The molecule has 0 atom stereocenters. The van der Waals surface area contributed by atoms with Crippen molar-refractivity contribution in [3.05, 3.63) is 11.8 Å². The third-order valence-electron chi connectivity index (χ3n) is 2.18. The Kier molecular flexibility index (Phi) is 3.69. The van der Waals surface area contributed by atoms with Gasteiger partial charge in [0.2, 0.25) is 0 Å². The van der Waals surface area contributed by atoms with Gasteiger partial charge in [-0.25, -0.2) is 8.42 Å². The Labute approximate surface area is 84.3 Å². The first kappa shape index (κ1) is 11.2. The van der Waals surface area contributed by atoms with E-state index in [1.54, 1.807) is 13.0 Å². The van der Waals surface area contributed by atoms with Gasteiger partial charge in [0.05, 0.1) is 5.75 Å². The summed E-state index contributed by atoms with van der Waals surface area (Å²) < 4.78 is 22.2. The van der Waals surface area contributed by atoms with Crippen LogP contribution in [0.4, 0.5) is 0 Å². The summed E-state index contributed by atoms with van der Waals surface area (Å²) in [7, 11) is -2.90. The highest BCUT2D eigenvalue weighted by Gasteiger charge is 2.12. The summed E-state index contributed by atoms with van der Waals surface area (Å²) in [4.78, 5) is 10.8. The van der Waals surface area contributed by atoms with Crippen molar-refractivity contribution in [3.8, 4) is 0 Å². The third kappa shape index (κ3) is 3.49. The second-order valence-electron chi connectivity index (χ2n) is 3.30. The normalized spacial score (nSPS) is 16.9. The Hall–Kier alpha value is -0.840. The van der Waals surface area contributed by atoms with Crippen molar-refractivity contribution in [2.75, 3.05) is 18.1 Å². The van der Waals surface area contributed by atoms with Gasteiger partial charge in [0.25, 0.3) is 0 Å². The monoisotopic (exact) mass is 217 g/mol. The SMILES string of the molecule is CCS(=O)(=O)CCNC1=CC(=O)CC1. The van der Waals surface area contributed by atoms with Gasteiger partial charge in [0.1, 0.15) is 0 Å². The van der Waals surface area contributed by atoms with Crippen LogP contribution in [0, 0.1) is 0 Å². The molecule has 0 aromatic heterocycles. The molecule has 0 radical (unpaired) electrons. The van der Waals surface area contributed by atoms with Gasteiger partial charge in [0, 0.05) is 30.5 Å². The van der Waals surface area contributed by atoms with Crippen LogP contribution in [0.15, 0.2) is 11.8 Å². The summed E-state index contributed by atoms with van der Waals surface area (Å²) in [5.74, 6) is 0.424. The Morgan fingerprint density at radius 1 is 1.43 bits per heavy atom. The van der Waals surface area contributed by atoms with Gasteiger partial charge in [-0.1, -0.05) is 6.92 Å². The fourth-order valence-corrected chi connectivity index (χ4v) is 1.95. The number of carbonyl (C=O) groups excluding carboxylic acids is 1. The van der Waals surface area contributed by atoms with E-state index in [4.69, 9.17) is 0 Å². The maximum absolute atomic E-state index is 11.1. The highest BCUT2D eigenvalue weighted by molar-refractivity contribution is 7.91. The van der Waals surface area contributed by atoms with Crippen LogP contribution in [0.25, 0.3) is 0 Å². The smallest absolute Gasteiger partial charge is 0.157 e. The molecule has 1 N–H and O–H groups in total. The minimum Gasteiger partial charge on any atom is -0.387 e. The highest BCUT2D eigenvalue weighted by Crippen LogP contribution is 2.11. The number of nitrogens with one attached hydrogen (secondary N) is 1. The Morgan fingerprint density at radius 2 is 2.14 bits per heavy atom. The quantitative estimate of drug-likeness (QED) is 0.717. The number of allylic oxidation sites excluding steroid dienone is 2. The third-order valence-corrected chi connectivity index (χ3v) is 3.89. The minimum atomic E-state index is -2.90. The van der Waals surface area contributed by atoms with Crippen LogP contribution in [-0.4, -0.2) is 32.3 Å². The van der Waals surface area contributed by atoms with Crippen LogP contribution < -0.4 is 5.32 Å². The summed E-state index contributed by atoms with van der Waals surface area (Å²) >= 11 is 0. The van der Waals surface area contributed by atoms with Crippen LogP contribution >= 0.6 is 0 Å². The van der Waals surface area contributed by atoms with Crippen molar-refractivity contribution in [1.29, 1.82) is 0 Å². The second kappa shape index (κ2) is 4.59. The van der Waals surface area contributed by atoms with Gasteiger partial charge in [-0.05, 0) is 6.42 Å². The van der Waals surface area contributed by atoms with Gasteiger partial charge in [-0.3, -0.25) is 4.79 Å². The summed E-state index contributed by atoms with van der Waals surface area (Å²) in [6, 6.07) is 0. The number of hydrogen-bond donors (Lipinski definition) is 1. The Morgan fingerprint density at radius 3 is 2.64 bits per heavy atom. The predicted molar refractivity (Wildman–Crippen MR) is 54.7 cm³/mol. The van der Waals surface area contributed by atoms with Crippen molar-refractivity contribution < 1.29 is 13.2 Å². The van der Waals surface area contributed by atoms with Crippen LogP contribution in [-0.2, 0) is 14.6 Å². The number of ketones is 1. The molecule has 0 aromatic carbocycles. The minimum absolute atomic E-state index is 0.117. The van der Waals surface area contributed by atoms with Crippen LogP contribution in [0.3, 0.4) is 0 Å². The molecule has 0 bridgehead atoms. The average Bonchev–Trinajstić information content (AvgIpc) is 2.51. The van der Waals surface area contributed by atoms with Crippen molar-refractivity contribution in [2.45, 2.75) is 19.8 Å². The lowest BCUT2D eigenvalue weighted by atomic mass is 10.3. The molecular weight excluding hydrogens is 202 g/mol. The van der Waals surface area contributed by atoms with Crippen molar-refractivity contribution in [1.82, 2.24) is 5.32 Å². The zero-order valence-corrected chi connectivity index (χ0v) is 9.06. The summed E-state index contributed by atoms with van der Waals surface area (Å²) in [5.41, 5.74) is 0.862. The maximum Gasteiger partial charge on any atom is 0.157 e. The molecule has 0 saturated carbocycles. The lowest BCUT2D eigenvalue weighted by Crippen LogP contribution is -2.22. The van der Waals surface area contributed by atoms with Crippen LogP contribution in [0.2, 0.25) is 0 Å². The number of hydrogen-bond acceptors (Lipinski definition) is 4. The molecule has 0 unspecified atom stereocenters. The van der Waals surface area contributed by atoms with Crippen LogP contribution in [0.5, 0.6) is 0 Å². The molecule has 80 valence electrons. The molecule has 0 aliphatic heterocycles. The molecule has 14 heavy (non-hydrogen) atoms. The maximum atomic E-state index is 11.1. The van der Waals surface area contributed by atoms with E-state index in [2.05, 4.69) is 5.32 Å². The zero-order chi connectivity index (χ0) is 10.6. The van der Waals surface area contributed by atoms with E-state index >= 15 is 0 Å². The average molecular weight is 217 g/mol. The highest BCUT2D eigenvalue weighted by atomic mass is 32.2. The van der Waals surface area contributed by atoms with Gasteiger partial charge in [0.15, 0.2) is 15.6 Å². The molecular formula is C9H15NO3S. The molecule has 0 heterocycles. The van der Waals surface area contributed by atoms with E-state index in [1.165, 1.54) is 0 Å². The molecule has 0 aromatic rings. The summed E-state index contributed by atoms with van der Waals surface area (Å²) in [6.07, 6.45) is 2.81. The number of sulfone groups is 1. The van der Waals surface area contributed by atoms with Gasteiger partial charge < -0.3 is 5.32 Å². The first-order valence-electron chi connectivity index (χ1n) is 4.71. The van der Waals surface area contributed by atoms with Crippen molar-refractivity contribution in [3.63, 3.8) is 0 Å². The lowest BCUT2D eigenvalue weighted by molar-refractivity contribution is -0.114. The summed E-state index contributed by atoms with van der Waals surface area (Å²) in [5, 5.41) is 2.96. The first-order chi connectivity index (χ1) is 6.53. The fourth-order valence-electron chi connectivity index (χ4n) is 1.25. The van der Waals surface area contributed by atoms with E-state index in [0.29, 0.717) is 19.4 Å². The molecule has 5 heteroatoms. The molecule has 0 amide bonds. The Balaban J connectivity index is 2.29. The van der Waals surface area contributed by atoms with E-state index < -0.39 is 9.84 Å². The molecule has 0 spiro atoms.